The Morgan fingerprint density at radius 3 is 2.85 bits per heavy atom. The van der Waals surface area contributed by atoms with E-state index in [-0.39, 0.29) is 11.8 Å². The fraction of sp³-hybridized carbons (Fsp3) is 0.346. The van der Waals surface area contributed by atoms with Gasteiger partial charge in [-0.25, -0.2) is 0 Å². The second kappa shape index (κ2) is 9.08. The van der Waals surface area contributed by atoms with Crippen LogP contribution in [-0.2, 0) is 4.79 Å². The third-order valence-corrected chi connectivity index (χ3v) is 6.88. The van der Waals surface area contributed by atoms with Gasteiger partial charge in [0.2, 0.25) is 5.91 Å². The van der Waals surface area contributed by atoms with Crippen LogP contribution in [0, 0.1) is 24.2 Å². The van der Waals surface area contributed by atoms with Crippen molar-refractivity contribution in [1.82, 2.24) is 20.2 Å². The van der Waals surface area contributed by atoms with Crippen LogP contribution in [0.4, 0.5) is 11.4 Å². The van der Waals surface area contributed by atoms with E-state index < -0.39 is 0 Å². The predicted octanol–water partition coefficient (Wildman–Crippen LogP) is 4.10. The van der Waals surface area contributed by atoms with Gasteiger partial charge < -0.3 is 20.5 Å². The van der Waals surface area contributed by atoms with E-state index in [0.717, 1.165) is 71.3 Å². The average Bonchev–Trinajstić information content (AvgIpc) is 3.36. The van der Waals surface area contributed by atoms with Gasteiger partial charge in [0, 0.05) is 59.8 Å². The summed E-state index contributed by atoms with van der Waals surface area (Å²) in [6, 6.07) is 8.43. The number of amides is 1. The maximum Gasteiger partial charge on any atom is 0.226 e. The molecule has 0 spiro atoms. The minimum Gasteiger partial charge on any atom is -0.361 e. The molecule has 3 aromatic rings. The number of aryl methyl sites for hydroxylation is 1. The zero-order chi connectivity index (χ0) is 22.8. The normalized spacial score (nSPS) is 17.0. The summed E-state index contributed by atoms with van der Waals surface area (Å²) >= 11 is 0. The van der Waals surface area contributed by atoms with Crippen molar-refractivity contribution in [3.8, 4) is 6.07 Å². The first-order valence-corrected chi connectivity index (χ1v) is 11.6. The molecule has 7 heteroatoms. The van der Waals surface area contributed by atoms with Gasteiger partial charge in [-0.05, 0) is 68.6 Å². The summed E-state index contributed by atoms with van der Waals surface area (Å²) in [4.78, 5) is 22.5. The fourth-order valence-electron chi connectivity index (χ4n) is 4.92. The van der Waals surface area contributed by atoms with E-state index in [0.29, 0.717) is 18.7 Å². The monoisotopic (exact) mass is 440 g/mol. The molecule has 0 saturated carbocycles. The molecule has 3 N–H and O–H groups in total. The van der Waals surface area contributed by atoms with Crippen LogP contribution in [0.3, 0.4) is 0 Å². The van der Waals surface area contributed by atoms with Gasteiger partial charge in [-0.15, -0.1) is 0 Å². The molecule has 1 fully saturated rings. The molecule has 0 atom stereocenters. The first kappa shape index (κ1) is 21.2. The van der Waals surface area contributed by atoms with Crippen LogP contribution in [0.1, 0.15) is 36.0 Å². The zero-order valence-electron chi connectivity index (χ0n) is 18.8. The number of benzene rings is 1. The summed E-state index contributed by atoms with van der Waals surface area (Å²) in [5.74, 6) is 0.401. The minimum absolute atomic E-state index is 0.133. The second-order valence-electron chi connectivity index (χ2n) is 8.81. The number of carbonyl (C=O) groups excluding carboxylic acids is 1. The number of nitrogens with zero attached hydrogens (tertiary/aromatic N) is 3. The zero-order valence-corrected chi connectivity index (χ0v) is 18.8. The SMILES string of the molecule is Cc1c(Nc2c(C#N)cncc2C2=CCN(C(=O)C3CCNCC3)CC2)ccc2[nH]ccc12. The quantitative estimate of drug-likeness (QED) is 0.568. The molecule has 7 nitrogen and oxygen atoms in total. The Morgan fingerprint density at radius 2 is 2.09 bits per heavy atom. The highest BCUT2D eigenvalue weighted by Crippen LogP contribution is 2.35. The van der Waals surface area contributed by atoms with Gasteiger partial charge in [0.05, 0.1) is 11.3 Å². The highest BCUT2D eigenvalue weighted by atomic mass is 16.2. The molecule has 0 aliphatic carbocycles. The van der Waals surface area contributed by atoms with Crippen LogP contribution in [0.2, 0.25) is 0 Å². The van der Waals surface area contributed by atoms with Crippen LogP contribution in [0.5, 0.6) is 0 Å². The number of anilines is 2. The summed E-state index contributed by atoms with van der Waals surface area (Å²) in [5, 5.41) is 17.8. The highest BCUT2D eigenvalue weighted by Gasteiger charge is 2.27. The van der Waals surface area contributed by atoms with Crippen LogP contribution >= 0.6 is 0 Å². The summed E-state index contributed by atoms with van der Waals surface area (Å²) in [6.45, 7) is 5.21. The van der Waals surface area contributed by atoms with E-state index in [1.54, 1.807) is 6.20 Å². The van der Waals surface area contributed by atoms with Gasteiger partial charge in [0.15, 0.2) is 0 Å². The van der Waals surface area contributed by atoms with Crippen LogP contribution in [0.15, 0.2) is 42.9 Å². The Morgan fingerprint density at radius 1 is 1.24 bits per heavy atom. The fourth-order valence-corrected chi connectivity index (χ4v) is 4.92. The molecule has 2 aliphatic heterocycles. The van der Waals surface area contributed by atoms with Gasteiger partial charge in [0.1, 0.15) is 6.07 Å². The van der Waals surface area contributed by atoms with Gasteiger partial charge in [-0.1, -0.05) is 6.08 Å². The van der Waals surface area contributed by atoms with Gasteiger partial charge in [0.25, 0.3) is 0 Å². The van der Waals surface area contributed by atoms with Crippen molar-refractivity contribution < 1.29 is 4.79 Å². The molecule has 1 saturated heterocycles. The van der Waals surface area contributed by atoms with E-state index in [1.807, 2.05) is 29.4 Å². The minimum atomic E-state index is 0.133. The Kier molecular flexibility index (Phi) is 5.84. The molecule has 2 aromatic heterocycles. The number of aromatic nitrogens is 2. The number of hydrogen-bond acceptors (Lipinski definition) is 5. The van der Waals surface area contributed by atoms with E-state index in [9.17, 15) is 10.1 Å². The van der Waals surface area contributed by atoms with Crippen molar-refractivity contribution in [2.75, 3.05) is 31.5 Å². The molecule has 5 rings (SSSR count). The van der Waals surface area contributed by atoms with Crippen molar-refractivity contribution >= 4 is 33.8 Å². The molecule has 33 heavy (non-hydrogen) atoms. The molecule has 4 heterocycles. The molecule has 0 bridgehead atoms. The number of carbonyl (C=O) groups is 1. The number of fused-ring (bicyclic) bond motifs is 1. The molecule has 0 radical (unpaired) electrons. The van der Waals surface area contributed by atoms with Gasteiger partial charge >= 0.3 is 0 Å². The first-order valence-electron chi connectivity index (χ1n) is 11.6. The molecular weight excluding hydrogens is 412 g/mol. The van der Waals surface area contributed by atoms with Crippen LogP contribution in [-0.4, -0.2) is 47.0 Å². The average molecular weight is 441 g/mol. The van der Waals surface area contributed by atoms with Crippen LogP contribution < -0.4 is 10.6 Å². The summed E-state index contributed by atoms with van der Waals surface area (Å²) in [5.41, 5.74) is 6.50. The molecular formula is C26H28N6O. The third-order valence-electron chi connectivity index (χ3n) is 6.88. The van der Waals surface area contributed by atoms with E-state index >= 15 is 0 Å². The van der Waals surface area contributed by atoms with Crippen molar-refractivity contribution in [3.63, 3.8) is 0 Å². The number of rotatable bonds is 4. The van der Waals surface area contributed by atoms with Gasteiger partial charge in [-0.3, -0.25) is 9.78 Å². The summed E-state index contributed by atoms with van der Waals surface area (Å²) < 4.78 is 0. The van der Waals surface area contributed by atoms with E-state index in [2.05, 4.69) is 45.7 Å². The van der Waals surface area contributed by atoms with Crippen molar-refractivity contribution in [1.29, 1.82) is 5.26 Å². The number of H-pyrrole nitrogens is 1. The number of nitriles is 1. The summed E-state index contributed by atoms with van der Waals surface area (Å²) in [6.07, 6.45) is 10.1. The molecule has 1 aromatic carbocycles. The lowest BCUT2D eigenvalue weighted by atomic mass is 9.94. The highest BCUT2D eigenvalue weighted by molar-refractivity contribution is 5.91. The lowest BCUT2D eigenvalue weighted by molar-refractivity contribution is -0.135. The number of hydrogen-bond donors (Lipinski definition) is 3. The smallest absolute Gasteiger partial charge is 0.226 e. The molecule has 1 amide bonds. The Hall–Kier alpha value is -3.63. The van der Waals surface area contributed by atoms with Gasteiger partial charge in [-0.2, -0.15) is 5.26 Å². The van der Waals surface area contributed by atoms with Crippen molar-refractivity contribution in [2.24, 2.45) is 5.92 Å². The van der Waals surface area contributed by atoms with Crippen LogP contribution in [0.25, 0.3) is 16.5 Å². The first-order chi connectivity index (χ1) is 16.2. The predicted molar refractivity (Wildman–Crippen MR) is 130 cm³/mol. The Bertz CT molecular complexity index is 1260. The lowest BCUT2D eigenvalue weighted by Crippen LogP contribution is -2.42. The number of piperidine rings is 1. The van der Waals surface area contributed by atoms with Crippen molar-refractivity contribution in [2.45, 2.75) is 26.2 Å². The van der Waals surface area contributed by atoms with Crippen molar-refractivity contribution in [3.05, 3.63) is 59.6 Å². The lowest BCUT2D eigenvalue weighted by Gasteiger charge is -2.32. The van der Waals surface area contributed by atoms with E-state index in [1.165, 1.54) is 0 Å². The Labute approximate surface area is 193 Å². The largest absolute Gasteiger partial charge is 0.361 e. The molecule has 0 unspecified atom stereocenters. The maximum atomic E-state index is 12.9. The summed E-state index contributed by atoms with van der Waals surface area (Å²) in [7, 11) is 0. The molecule has 2 aliphatic rings. The second-order valence-corrected chi connectivity index (χ2v) is 8.81. The molecule has 168 valence electrons. The number of aromatic amines is 1. The third kappa shape index (κ3) is 4.10. The standard InChI is InChI=1S/C26H28N6O/c1-17-21-6-11-30-24(21)3-2-23(17)31-25-20(14-27)15-29-16-22(25)18-7-12-32(13-8-18)26(33)19-4-9-28-10-5-19/h2-3,6-7,11,15-16,19,28,30H,4-5,8-10,12-13H2,1H3,(H,29,31). The maximum absolute atomic E-state index is 12.9. The number of pyridine rings is 1. The topological polar surface area (TPSA) is 96.8 Å². The number of nitrogens with one attached hydrogen (secondary N) is 3. The van der Waals surface area contributed by atoms with E-state index in [4.69, 9.17) is 0 Å². The Balaban J connectivity index is 1.42.